The molecule has 0 unspecified atom stereocenters. The number of rotatable bonds is 8. The van der Waals surface area contributed by atoms with Crippen molar-refractivity contribution in [1.82, 2.24) is 14.5 Å². The second kappa shape index (κ2) is 11.6. The van der Waals surface area contributed by atoms with Gasteiger partial charge in [-0.1, -0.05) is 0 Å². The zero-order valence-electron chi connectivity index (χ0n) is 21.1. The molecular weight excluding hydrogens is 570 g/mol. The van der Waals surface area contributed by atoms with Crippen molar-refractivity contribution >= 4 is 17.2 Å². The summed E-state index contributed by atoms with van der Waals surface area (Å²) >= 11 is 0. The molecular formula is C26H23F8N3O4. The van der Waals surface area contributed by atoms with Crippen LogP contribution >= 0.6 is 0 Å². The van der Waals surface area contributed by atoms with Gasteiger partial charge in [0.15, 0.2) is 12.4 Å². The largest absolute Gasteiger partial charge is 0.484 e. The zero-order valence-corrected chi connectivity index (χ0v) is 21.1. The monoisotopic (exact) mass is 593 g/mol. The topological polar surface area (TPSA) is 82.3 Å². The van der Waals surface area contributed by atoms with Crippen molar-refractivity contribution in [2.75, 3.05) is 26.4 Å². The summed E-state index contributed by atoms with van der Waals surface area (Å²) in [6.07, 6.45) is -10.9. The Bertz CT molecular complexity index is 1520. The summed E-state index contributed by atoms with van der Waals surface area (Å²) in [5.41, 5.74) is -6.25. The van der Waals surface area contributed by atoms with Gasteiger partial charge in [-0.25, -0.2) is 13.6 Å². The number of aromatic nitrogens is 2. The predicted octanol–water partition coefficient (Wildman–Crippen LogP) is 4.67. The van der Waals surface area contributed by atoms with Crippen LogP contribution in [0.4, 0.5) is 35.1 Å². The summed E-state index contributed by atoms with van der Waals surface area (Å²) in [6.45, 7) is -2.59. The second-order valence-electron chi connectivity index (χ2n) is 9.51. The molecule has 1 fully saturated rings. The quantitative estimate of drug-likeness (QED) is 0.303. The molecule has 2 aromatic carbocycles. The Morgan fingerprint density at radius 2 is 1.51 bits per heavy atom. The Balaban J connectivity index is 1.99. The van der Waals surface area contributed by atoms with E-state index in [1.54, 1.807) is 0 Å². The van der Waals surface area contributed by atoms with Gasteiger partial charge in [0.25, 0.3) is 5.56 Å². The lowest BCUT2D eigenvalue weighted by atomic mass is 10.0. The first-order valence-electron chi connectivity index (χ1n) is 12.3. The molecule has 0 bridgehead atoms. The van der Waals surface area contributed by atoms with Crippen LogP contribution in [-0.4, -0.2) is 48.0 Å². The maximum absolute atomic E-state index is 13.7. The normalized spacial score (nSPS) is 15.0. The third kappa shape index (κ3) is 6.29. The minimum Gasteiger partial charge on any atom is -0.484 e. The Morgan fingerprint density at radius 1 is 0.927 bits per heavy atom. The van der Waals surface area contributed by atoms with Crippen molar-refractivity contribution in [3.63, 3.8) is 0 Å². The van der Waals surface area contributed by atoms with E-state index in [0.29, 0.717) is 48.9 Å². The summed E-state index contributed by atoms with van der Waals surface area (Å²) in [4.78, 5) is 39.0. The van der Waals surface area contributed by atoms with Gasteiger partial charge in [0.05, 0.1) is 34.1 Å². The minimum absolute atomic E-state index is 0.0466. The van der Waals surface area contributed by atoms with Crippen molar-refractivity contribution in [1.29, 1.82) is 0 Å². The smallest absolute Gasteiger partial charge is 0.416 e. The summed E-state index contributed by atoms with van der Waals surface area (Å²) in [7, 11) is 0. The van der Waals surface area contributed by atoms with Crippen LogP contribution in [0.5, 0.6) is 5.75 Å². The van der Waals surface area contributed by atoms with E-state index in [2.05, 4.69) is 5.32 Å². The third-order valence-electron chi connectivity index (χ3n) is 6.73. The average Bonchev–Trinajstić information content (AvgIpc) is 2.93. The molecule has 1 aromatic heterocycles. The minimum atomic E-state index is -5.15. The molecule has 15 heteroatoms. The second-order valence-corrected chi connectivity index (χ2v) is 9.51. The maximum Gasteiger partial charge on any atom is 0.416 e. The van der Waals surface area contributed by atoms with Gasteiger partial charge in [0.2, 0.25) is 0 Å². The van der Waals surface area contributed by atoms with Gasteiger partial charge in [0.1, 0.15) is 19.1 Å². The van der Waals surface area contributed by atoms with E-state index in [0.717, 1.165) is 16.7 Å². The highest BCUT2D eigenvalue weighted by Crippen LogP contribution is 2.36. The number of carbonyl (C=O) groups excluding carboxylic acids is 1. The first-order chi connectivity index (χ1) is 19.3. The number of fused-ring (bicyclic) bond motifs is 1. The molecule has 0 atom stereocenters. The lowest BCUT2D eigenvalue weighted by Gasteiger charge is -2.27. The molecule has 4 rings (SSSR count). The van der Waals surface area contributed by atoms with Crippen LogP contribution in [-0.2, 0) is 18.9 Å². The highest BCUT2D eigenvalue weighted by Gasteiger charge is 2.37. The molecule has 0 aliphatic carbocycles. The number of benzene rings is 2. The molecule has 0 radical (unpaired) electrons. The molecule has 0 amide bonds. The number of alkyl halides is 8. The summed E-state index contributed by atoms with van der Waals surface area (Å²) < 4.78 is 114. The number of halogens is 8. The number of nitrogens with zero attached hydrogens (tertiary/aromatic N) is 2. The SMILES string of the molecule is O=Cc1cc2c(cc1OC(CF)CF)c(=O)n(Cc1cc(C(F)(F)F)cc(C(F)(F)F)c1)c(=O)n2C1CCNCC1. The number of nitrogens with one attached hydrogen (secondary N) is 1. The zero-order chi connectivity index (χ0) is 30.1. The Kier molecular flexibility index (Phi) is 8.57. The van der Waals surface area contributed by atoms with E-state index in [4.69, 9.17) is 4.74 Å². The van der Waals surface area contributed by atoms with Gasteiger partial charge in [0, 0.05) is 6.04 Å². The molecule has 2 heterocycles. The van der Waals surface area contributed by atoms with Crippen molar-refractivity contribution < 1.29 is 44.7 Å². The number of ether oxygens (including phenoxy) is 1. The maximum atomic E-state index is 13.7. The fourth-order valence-electron chi connectivity index (χ4n) is 4.75. The van der Waals surface area contributed by atoms with E-state index in [1.807, 2.05) is 0 Å². The fourth-order valence-corrected chi connectivity index (χ4v) is 4.75. The van der Waals surface area contributed by atoms with Crippen LogP contribution in [0.2, 0.25) is 0 Å². The van der Waals surface area contributed by atoms with Crippen LogP contribution in [0, 0.1) is 0 Å². The first-order valence-corrected chi connectivity index (χ1v) is 12.3. The molecule has 41 heavy (non-hydrogen) atoms. The molecule has 3 aromatic rings. The third-order valence-corrected chi connectivity index (χ3v) is 6.73. The van der Waals surface area contributed by atoms with Crippen LogP contribution < -0.4 is 21.3 Å². The van der Waals surface area contributed by atoms with Gasteiger partial charge in [-0.05, 0) is 61.8 Å². The number of hydrogen-bond acceptors (Lipinski definition) is 5. The van der Waals surface area contributed by atoms with Crippen molar-refractivity contribution in [3.8, 4) is 5.75 Å². The molecule has 0 spiro atoms. The van der Waals surface area contributed by atoms with Crippen molar-refractivity contribution in [2.45, 2.75) is 43.9 Å². The Morgan fingerprint density at radius 3 is 2.02 bits per heavy atom. The van der Waals surface area contributed by atoms with Gasteiger partial charge in [-0.15, -0.1) is 0 Å². The number of carbonyl (C=O) groups is 1. The highest BCUT2D eigenvalue weighted by molar-refractivity contribution is 5.90. The van der Waals surface area contributed by atoms with Crippen molar-refractivity contribution in [2.24, 2.45) is 0 Å². The first kappa shape index (κ1) is 30.2. The number of piperidine rings is 1. The van der Waals surface area contributed by atoms with Gasteiger partial charge >= 0.3 is 18.0 Å². The molecule has 1 aliphatic rings. The van der Waals surface area contributed by atoms with E-state index < -0.39 is 72.3 Å². The Hall–Kier alpha value is -3.75. The van der Waals surface area contributed by atoms with Gasteiger partial charge in [-0.3, -0.25) is 18.7 Å². The summed E-state index contributed by atoms with van der Waals surface area (Å²) in [5, 5.41) is 2.79. The van der Waals surface area contributed by atoms with Gasteiger partial charge in [-0.2, -0.15) is 26.3 Å². The predicted molar refractivity (Wildman–Crippen MR) is 131 cm³/mol. The number of hydrogen-bond donors (Lipinski definition) is 1. The lowest BCUT2D eigenvalue weighted by molar-refractivity contribution is -0.143. The van der Waals surface area contributed by atoms with Crippen LogP contribution in [0.3, 0.4) is 0 Å². The van der Waals surface area contributed by atoms with E-state index in [9.17, 15) is 49.5 Å². The van der Waals surface area contributed by atoms with Crippen molar-refractivity contribution in [3.05, 3.63) is 73.4 Å². The fraction of sp³-hybridized carbons (Fsp3) is 0.423. The molecule has 0 saturated carbocycles. The van der Waals surface area contributed by atoms with E-state index in [1.165, 1.54) is 0 Å². The van der Waals surface area contributed by atoms with Gasteiger partial charge < -0.3 is 10.1 Å². The molecule has 222 valence electrons. The van der Waals surface area contributed by atoms with E-state index >= 15 is 0 Å². The van der Waals surface area contributed by atoms with E-state index in [-0.39, 0.29) is 28.3 Å². The van der Waals surface area contributed by atoms with Crippen LogP contribution in [0.25, 0.3) is 10.9 Å². The molecule has 1 N–H and O–H groups in total. The molecule has 1 aliphatic heterocycles. The van der Waals surface area contributed by atoms with Crippen LogP contribution in [0.1, 0.15) is 45.9 Å². The molecule has 7 nitrogen and oxygen atoms in total. The Labute approximate surface area is 226 Å². The standard InChI is InChI=1S/C26H23F8N3O4/c27-10-19(11-28)41-22-9-20-21(7-15(22)13-38)37(18-1-3-35-4-2-18)24(40)36(23(20)39)12-14-5-16(25(29,30)31)8-17(6-14)26(32,33)34/h5-9,13,18-19,35H,1-4,10-12H2. The molecule has 1 saturated heterocycles. The summed E-state index contributed by atoms with van der Waals surface area (Å²) in [6, 6.07) is 2.32. The number of aldehydes is 1. The highest BCUT2D eigenvalue weighted by atomic mass is 19.4. The summed E-state index contributed by atoms with van der Waals surface area (Å²) in [5.74, 6) is -0.384. The van der Waals surface area contributed by atoms with Crippen LogP contribution in [0.15, 0.2) is 39.9 Å². The lowest BCUT2D eigenvalue weighted by Crippen LogP contribution is -2.44. The average molecular weight is 593 g/mol.